The number of anilines is 1. The van der Waals surface area contributed by atoms with E-state index in [2.05, 4.69) is 20.5 Å². The van der Waals surface area contributed by atoms with Crippen LogP contribution in [-0.2, 0) is 4.74 Å². The first-order chi connectivity index (χ1) is 14.0. The summed E-state index contributed by atoms with van der Waals surface area (Å²) in [5, 5.41) is 13.4. The predicted octanol–water partition coefficient (Wildman–Crippen LogP) is 3.15. The van der Waals surface area contributed by atoms with Gasteiger partial charge in [-0.3, -0.25) is 9.78 Å². The minimum absolute atomic E-state index is 0.0707. The molecule has 8 nitrogen and oxygen atoms in total. The molecule has 0 aliphatic rings. The minimum atomic E-state index is -0.559. The van der Waals surface area contributed by atoms with Crippen molar-refractivity contribution in [2.24, 2.45) is 5.10 Å². The molecule has 0 bridgehead atoms. The molecule has 9 heteroatoms. The number of methoxy groups -OCH3 is 1. The number of hydrogen-bond donors (Lipinski definition) is 2. The van der Waals surface area contributed by atoms with Crippen LogP contribution >= 0.6 is 22.6 Å². The van der Waals surface area contributed by atoms with Crippen LogP contribution in [0, 0.1) is 14.9 Å². The van der Waals surface area contributed by atoms with Gasteiger partial charge < -0.3 is 4.74 Å². The van der Waals surface area contributed by atoms with Crippen LogP contribution in [0.25, 0.3) is 11.3 Å². The molecular weight excluding hydrogens is 485 g/mol. The van der Waals surface area contributed by atoms with E-state index in [-0.39, 0.29) is 17.2 Å². The van der Waals surface area contributed by atoms with E-state index in [4.69, 9.17) is 4.74 Å². The average Bonchev–Trinajstić information content (AvgIpc) is 2.73. The highest BCUT2D eigenvalue weighted by Gasteiger charge is 2.13. The molecule has 144 valence electrons. The molecule has 1 heterocycles. The van der Waals surface area contributed by atoms with Crippen molar-refractivity contribution in [3.63, 3.8) is 0 Å². The number of nitrogens with zero attached hydrogens (tertiary/aromatic N) is 3. The van der Waals surface area contributed by atoms with Gasteiger partial charge in [-0.2, -0.15) is 10.4 Å². The molecule has 0 saturated heterocycles. The number of hydrazone groups is 1. The Kier molecular flexibility index (Phi) is 6.36. The fourth-order valence-electron chi connectivity index (χ4n) is 2.49. The first-order valence-corrected chi connectivity index (χ1v) is 9.38. The van der Waals surface area contributed by atoms with Crippen LogP contribution in [0.15, 0.2) is 58.4 Å². The summed E-state index contributed by atoms with van der Waals surface area (Å²) in [6, 6.07) is 16.0. The summed E-state index contributed by atoms with van der Waals surface area (Å²) in [6.45, 7) is 0. The highest BCUT2D eigenvalue weighted by Crippen LogP contribution is 2.19. The molecular formula is C20H14IN5O3. The molecule has 0 unspecified atom stereocenters. The Hall–Kier alpha value is -3.52. The van der Waals surface area contributed by atoms with E-state index >= 15 is 0 Å². The van der Waals surface area contributed by atoms with Gasteiger partial charge in [0.1, 0.15) is 11.6 Å². The number of hydrogen-bond acceptors (Lipinski definition) is 7. The fourth-order valence-corrected chi connectivity index (χ4v) is 3.25. The zero-order chi connectivity index (χ0) is 20.8. The Balaban J connectivity index is 1.85. The molecule has 29 heavy (non-hydrogen) atoms. The first kappa shape index (κ1) is 20.2. The van der Waals surface area contributed by atoms with Crippen LogP contribution in [0.3, 0.4) is 0 Å². The number of ether oxygens (including phenoxy) is 1. The number of carbonyl (C=O) groups excluding carboxylic acids is 1. The van der Waals surface area contributed by atoms with Gasteiger partial charge in [-0.15, -0.1) is 0 Å². The maximum atomic E-state index is 12.2. The highest BCUT2D eigenvalue weighted by molar-refractivity contribution is 14.1. The molecule has 0 atom stereocenters. The van der Waals surface area contributed by atoms with Crippen LogP contribution in [0.5, 0.6) is 0 Å². The monoisotopic (exact) mass is 499 g/mol. The third-order valence-electron chi connectivity index (χ3n) is 3.86. The molecule has 0 aliphatic heterocycles. The van der Waals surface area contributed by atoms with Gasteiger partial charge in [-0.1, -0.05) is 36.4 Å². The molecule has 0 fully saturated rings. The van der Waals surface area contributed by atoms with Crippen LogP contribution in [0.2, 0.25) is 0 Å². The summed E-state index contributed by atoms with van der Waals surface area (Å²) < 4.78 is 5.44. The Morgan fingerprint density at radius 3 is 2.72 bits per heavy atom. The van der Waals surface area contributed by atoms with Crippen molar-refractivity contribution in [1.29, 1.82) is 5.26 Å². The van der Waals surface area contributed by atoms with Crippen LogP contribution in [0.4, 0.5) is 5.95 Å². The molecule has 3 rings (SSSR count). The van der Waals surface area contributed by atoms with E-state index in [0.29, 0.717) is 11.1 Å². The molecule has 0 amide bonds. The van der Waals surface area contributed by atoms with E-state index in [9.17, 15) is 14.9 Å². The molecule has 3 aromatic rings. The van der Waals surface area contributed by atoms with Gasteiger partial charge in [0, 0.05) is 9.13 Å². The van der Waals surface area contributed by atoms with E-state index in [0.717, 1.165) is 9.13 Å². The topological polar surface area (TPSA) is 120 Å². The number of rotatable bonds is 5. The van der Waals surface area contributed by atoms with E-state index in [1.54, 1.807) is 42.5 Å². The number of esters is 1. The van der Waals surface area contributed by atoms with Gasteiger partial charge in [0.05, 0.1) is 24.6 Å². The molecule has 0 radical (unpaired) electrons. The third-order valence-corrected chi connectivity index (χ3v) is 4.75. The number of aromatic amines is 1. The van der Waals surface area contributed by atoms with Gasteiger partial charge in [0.2, 0.25) is 5.95 Å². The largest absolute Gasteiger partial charge is 0.465 e. The Morgan fingerprint density at radius 2 is 2.07 bits per heavy atom. The predicted molar refractivity (Wildman–Crippen MR) is 117 cm³/mol. The van der Waals surface area contributed by atoms with Crippen molar-refractivity contribution in [2.75, 3.05) is 12.5 Å². The van der Waals surface area contributed by atoms with Crippen molar-refractivity contribution < 1.29 is 9.53 Å². The lowest BCUT2D eigenvalue weighted by Gasteiger charge is -2.06. The second-order valence-electron chi connectivity index (χ2n) is 5.72. The summed E-state index contributed by atoms with van der Waals surface area (Å²) in [4.78, 5) is 30.7. The van der Waals surface area contributed by atoms with Gasteiger partial charge in [-0.25, -0.2) is 15.2 Å². The van der Waals surface area contributed by atoms with Crippen molar-refractivity contribution in [2.45, 2.75) is 0 Å². The smallest absolute Gasteiger partial charge is 0.338 e. The summed E-state index contributed by atoms with van der Waals surface area (Å²) >= 11 is 2.04. The van der Waals surface area contributed by atoms with Crippen molar-refractivity contribution >= 4 is 40.7 Å². The number of aromatic nitrogens is 2. The highest BCUT2D eigenvalue weighted by atomic mass is 127. The van der Waals surface area contributed by atoms with Crippen LogP contribution < -0.4 is 11.0 Å². The molecule has 1 aromatic heterocycles. The molecule has 2 N–H and O–H groups in total. The van der Waals surface area contributed by atoms with Crippen molar-refractivity contribution in [3.8, 4) is 17.3 Å². The summed E-state index contributed by atoms with van der Waals surface area (Å²) in [7, 11) is 1.33. The van der Waals surface area contributed by atoms with E-state index < -0.39 is 11.5 Å². The Morgan fingerprint density at radius 1 is 1.31 bits per heavy atom. The lowest BCUT2D eigenvalue weighted by atomic mass is 10.1. The number of halogens is 1. The Labute approximate surface area is 179 Å². The zero-order valence-electron chi connectivity index (χ0n) is 15.1. The minimum Gasteiger partial charge on any atom is -0.465 e. The number of H-pyrrole nitrogens is 1. The standard InChI is InChI=1S/C20H14IN5O3/c1-29-19(28)14-8-7-12(9-16(14)21)11-23-26-20-24-17(13-5-3-2-4-6-13)15(10-22)18(27)25-20/h2-9,11H,1H3,(H2,24,25,26,27). The number of benzene rings is 2. The molecule has 0 spiro atoms. The SMILES string of the molecule is COC(=O)c1ccc(C=NNc2nc(-c3ccccc3)c(C#N)c(=O)[nH]2)cc1I. The quantitative estimate of drug-likeness (QED) is 0.241. The van der Waals surface area contributed by atoms with Crippen molar-refractivity contribution in [3.05, 3.63) is 79.1 Å². The zero-order valence-corrected chi connectivity index (χ0v) is 17.3. The Bertz CT molecular complexity index is 1180. The second-order valence-corrected chi connectivity index (χ2v) is 6.88. The van der Waals surface area contributed by atoms with E-state index in [1.165, 1.54) is 13.3 Å². The maximum absolute atomic E-state index is 12.2. The fraction of sp³-hybridized carbons (Fsp3) is 0.0500. The summed E-state index contributed by atoms with van der Waals surface area (Å²) in [6.07, 6.45) is 1.52. The summed E-state index contributed by atoms with van der Waals surface area (Å²) in [5.74, 6) is -0.311. The van der Waals surface area contributed by atoms with Crippen LogP contribution in [-0.4, -0.2) is 29.3 Å². The number of carbonyl (C=O) groups is 1. The maximum Gasteiger partial charge on any atom is 0.338 e. The summed E-state index contributed by atoms with van der Waals surface area (Å²) in [5.41, 5.74) is 4.14. The molecule has 2 aromatic carbocycles. The average molecular weight is 499 g/mol. The second kappa shape index (κ2) is 9.11. The first-order valence-electron chi connectivity index (χ1n) is 8.30. The lowest BCUT2D eigenvalue weighted by molar-refractivity contribution is 0.0599. The normalized spacial score (nSPS) is 10.5. The molecule has 0 aliphatic carbocycles. The van der Waals surface area contributed by atoms with Gasteiger partial charge in [0.25, 0.3) is 5.56 Å². The van der Waals surface area contributed by atoms with Crippen molar-refractivity contribution in [1.82, 2.24) is 9.97 Å². The number of nitrogens with one attached hydrogen (secondary N) is 2. The number of nitriles is 1. The van der Waals surface area contributed by atoms with E-state index in [1.807, 2.05) is 34.7 Å². The third kappa shape index (κ3) is 4.67. The van der Waals surface area contributed by atoms with Gasteiger partial charge in [0.15, 0.2) is 0 Å². The van der Waals surface area contributed by atoms with Crippen LogP contribution in [0.1, 0.15) is 21.5 Å². The molecule has 0 saturated carbocycles. The van der Waals surface area contributed by atoms with Gasteiger partial charge >= 0.3 is 5.97 Å². The van der Waals surface area contributed by atoms with Gasteiger partial charge in [-0.05, 0) is 40.3 Å². The lowest BCUT2D eigenvalue weighted by Crippen LogP contribution is -2.16.